The van der Waals surface area contributed by atoms with Crippen molar-refractivity contribution >= 4 is 22.4 Å². The number of nitrogens with zero attached hydrogens (tertiary/aromatic N) is 1. The maximum absolute atomic E-state index is 5.88. The van der Waals surface area contributed by atoms with Gasteiger partial charge in [0.15, 0.2) is 16.6 Å². The van der Waals surface area contributed by atoms with E-state index in [0.717, 1.165) is 22.6 Å². The van der Waals surface area contributed by atoms with Crippen LogP contribution in [0.1, 0.15) is 39.5 Å². The van der Waals surface area contributed by atoms with Crippen LogP contribution in [-0.4, -0.2) is 16.5 Å². The van der Waals surface area contributed by atoms with Crippen molar-refractivity contribution in [3.63, 3.8) is 0 Å². The fourth-order valence-electron chi connectivity index (χ4n) is 2.42. The van der Waals surface area contributed by atoms with Gasteiger partial charge in [-0.1, -0.05) is 0 Å². The Morgan fingerprint density at radius 2 is 1.89 bits per heavy atom. The Balaban J connectivity index is 1.74. The molecule has 18 heavy (non-hydrogen) atoms. The summed E-state index contributed by atoms with van der Waals surface area (Å²) in [5.74, 6) is 2.98. The molecule has 2 aliphatic rings. The summed E-state index contributed by atoms with van der Waals surface area (Å²) in [5, 5.41) is 4.67. The summed E-state index contributed by atoms with van der Waals surface area (Å²) in [5.41, 5.74) is 5.88. The molecule has 3 N–H and O–H groups in total. The Morgan fingerprint density at radius 1 is 1.28 bits per heavy atom. The molecule has 3 rings (SSSR count). The molecule has 0 unspecified atom stereocenters. The smallest absolute Gasteiger partial charge is 0.197 e. The van der Waals surface area contributed by atoms with E-state index in [1.54, 1.807) is 0 Å². The van der Waals surface area contributed by atoms with Crippen LogP contribution in [0, 0.1) is 11.8 Å². The molecule has 0 aliphatic heterocycles. The lowest BCUT2D eigenvalue weighted by Gasteiger charge is -2.19. The standard InChI is InChI=1S/C13H21N3OS/c1-7(2)17-11-12(14)16-18-13(11)15-10(8-3-4-8)9-5-6-9/h7-10,15H,3-6H2,1-2H3,(H2,14,16). The minimum Gasteiger partial charge on any atom is -0.484 e. The van der Waals surface area contributed by atoms with Crippen LogP contribution >= 0.6 is 11.5 Å². The summed E-state index contributed by atoms with van der Waals surface area (Å²) < 4.78 is 9.99. The number of ether oxygens (including phenoxy) is 1. The van der Waals surface area contributed by atoms with E-state index in [0.29, 0.717) is 11.9 Å². The molecule has 0 spiro atoms. The molecule has 2 fully saturated rings. The summed E-state index contributed by atoms with van der Waals surface area (Å²) in [7, 11) is 0. The second-order valence-electron chi connectivity index (χ2n) is 5.74. The average molecular weight is 267 g/mol. The van der Waals surface area contributed by atoms with Crippen molar-refractivity contribution < 1.29 is 4.74 Å². The predicted molar refractivity (Wildman–Crippen MR) is 75.1 cm³/mol. The van der Waals surface area contributed by atoms with Crippen molar-refractivity contribution in [2.75, 3.05) is 11.1 Å². The van der Waals surface area contributed by atoms with Gasteiger partial charge in [0.25, 0.3) is 0 Å². The normalized spacial score (nSPS) is 19.6. The summed E-state index contributed by atoms with van der Waals surface area (Å²) in [6.07, 6.45) is 5.58. The van der Waals surface area contributed by atoms with Gasteiger partial charge < -0.3 is 15.8 Å². The van der Waals surface area contributed by atoms with Crippen molar-refractivity contribution in [1.29, 1.82) is 0 Å². The third-order valence-corrected chi connectivity index (χ3v) is 4.36. The summed E-state index contributed by atoms with van der Waals surface area (Å²) >= 11 is 1.43. The van der Waals surface area contributed by atoms with Crippen LogP contribution in [0.15, 0.2) is 0 Å². The van der Waals surface area contributed by atoms with Crippen molar-refractivity contribution in [2.45, 2.75) is 51.7 Å². The quantitative estimate of drug-likeness (QED) is 0.831. The fourth-order valence-corrected chi connectivity index (χ4v) is 3.12. The Bertz CT molecular complexity index is 412. The maximum atomic E-state index is 5.88. The third kappa shape index (κ3) is 2.55. The highest BCUT2D eigenvalue weighted by atomic mass is 32.1. The van der Waals surface area contributed by atoms with E-state index in [1.807, 2.05) is 13.8 Å². The van der Waals surface area contributed by atoms with Gasteiger partial charge in [-0.05, 0) is 62.9 Å². The number of hydrogen-bond acceptors (Lipinski definition) is 5. The zero-order valence-electron chi connectivity index (χ0n) is 11.0. The van der Waals surface area contributed by atoms with Gasteiger partial charge in [0.2, 0.25) is 0 Å². The number of nitrogen functional groups attached to an aromatic ring is 1. The highest BCUT2D eigenvalue weighted by Crippen LogP contribution is 2.48. The molecule has 1 heterocycles. The van der Waals surface area contributed by atoms with Gasteiger partial charge >= 0.3 is 0 Å². The molecule has 0 amide bonds. The molecule has 100 valence electrons. The van der Waals surface area contributed by atoms with Crippen LogP contribution < -0.4 is 15.8 Å². The Labute approximate surface area is 112 Å². The number of anilines is 2. The van der Waals surface area contributed by atoms with E-state index in [4.69, 9.17) is 10.5 Å². The first-order valence-electron chi connectivity index (χ1n) is 6.83. The number of aromatic nitrogens is 1. The van der Waals surface area contributed by atoms with Gasteiger partial charge in [0, 0.05) is 6.04 Å². The molecule has 0 bridgehead atoms. The van der Waals surface area contributed by atoms with Gasteiger partial charge in [-0.15, -0.1) is 0 Å². The van der Waals surface area contributed by atoms with E-state index < -0.39 is 0 Å². The van der Waals surface area contributed by atoms with Gasteiger partial charge in [0.05, 0.1) is 6.10 Å². The second-order valence-corrected chi connectivity index (χ2v) is 6.51. The number of rotatable bonds is 6. The summed E-state index contributed by atoms with van der Waals surface area (Å²) in [6, 6.07) is 0.611. The van der Waals surface area contributed by atoms with Crippen molar-refractivity contribution in [2.24, 2.45) is 11.8 Å². The molecule has 0 aromatic carbocycles. The number of hydrogen-bond donors (Lipinski definition) is 2. The second kappa shape index (κ2) is 4.61. The van der Waals surface area contributed by atoms with Crippen LogP contribution in [0.25, 0.3) is 0 Å². The number of nitrogens with one attached hydrogen (secondary N) is 1. The zero-order chi connectivity index (χ0) is 12.7. The molecule has 5 heteroatoms. The predicted octanol–water partition coefficient (Wildman–Crippen LogP) is 3.11. The van der Waals surface area contributed by atoms with Crippen LogP contribution in [0.5, 0.6) is 5.75 Å². The highest BCUT2D eigenvalue weighted by Gasteiger charge is 2.42. The lowest BCUT2D eigenvalue weighted by atomic mass is 10.1. The van der Waals surface area contributed by atoms with Crippen LogP contribution in [0.2, 0.25) is 0 Å². The SMILES string of the molecule is CC(C)Oc1c(N)nsc1NC(C1CC1)C1CC1. The Morgan fingerprint density at radius 3 is 2.39 bits per heavy atom. The summed E-state index contributed by atoms with van der Waals surface area (Å²) in [6.45, 7) is 4.03. The van der Waals surface area contributed by atoms with E-state index in [1.165, 1.54) is 37.2 Å². The van der Waals surface area contributed by atoms with Crippen LogP contribution in [0.3, 0.4) is 0 Å². The fraction of sp³-hybridized carbons (Fsp3) is 0.769. The maximum Gasteiger partial charge on any atom is 0.197 e. The van der Waals surface area contributed by atoms with Gasteiger partial charge in [-0.3, -0.25) is 0 Å². The van der Waals surface area contributed by atoms with Crippen molar-refractivity contribution in [1.82, 2.24) is 4.37 Å². The molecule has 2 saturated carbocycles. The largest absolute Gasteiger partial charge is 0.484 e. The monoisotopic (exact) mass is 267 g/mol. The highest BCUT2D eigenvalue weighted by molar-refractivity contribution is 7.11. The molecule has 0 saturated heterocycles. The molecule has 4 nitrogen and oxygen atoms in total. The average Bonchev–Trinajstić information content (AvgIpc) is 3.20. The third-order valence-electron chi connectivity index (χ3n) is 3.59. The van der Waals surface area contributed by atoms with Crippen LogP contribution in [0.4, 0.5) is 10.8 Å². The zero-order valence-corrected chi connectivity index (χ0v) is 11.8. The molecule has 0 atom stereocenters. The van der Waals surface area contributed by atoms with E-state index in [2.05, 4.69) is 9.69 Å². The minimum absolute atomic E-state index is 0.129. The lowest BCUT2D eigenvalue weighted by molar-refractivity contribution is 0.245. The first-order valence-corrected chi connectivity index (χ1v) is 7.61. The van der Waals surface area contributed by atoms with Gasteiger partial charge in [0.1, 0.15) is 0 Å². The molecular weight excluding hydrogens is 246 g/mol. The van der Waals surface area contributed by atoms with E-state index in [-0.39, 0.29) is 6.10 Å². The first-order chi connectivity index (χ1) is 8.65. The van der Waals surface area contributed by atoms with Crippen LogP contribution in [-0.2, 0) is 0 Å². The Hall–Kier alpha value is -0.970. The number of nitrogens with two attached hydrogens (primary N) is 1. The molecule has 2 aliphatic carbocycles. The van der Waals surface area contributed by atoms with Crippen molar-refractivity contribution in [3.8, 4) is 5.75 Å². The van der Waals surface area contributed by atoms with Gasteiger partial charge in [-0.2, -0.15) is 4.37 Å². The van der Waals surface area contributed by atoms with Gasteiger partial charge in [-0.25, -0.2) is 0 Å². The molecular formula is C13H21N3OS. The Kier molecular flexibility index (Phi) is 3.09. The summed E-state index contributed by atoms with van der Waals surface area (Å²) in [4.78, 5) is 0. The molecule has 1 aromatic rings. The van der Waals surface area contributed by atoms with E-state index in [9.17, 15) is 0 Å². The van der Waals surface area contributed by atoms with Crippen molar-refractivity contribution in [3.05, 3.63) is 0 Å². The molecule has 1 aromatic heterocycles. The topological polar surface area (TPSA) is 60.2 Å². The van der Waals surface area contributed by atoms with E-state index >= 15 is 0 Å². The lowest BCUT2D eigenvalue weighted by Crippen LogP contribution is -2.24. The first kappa shape index (κ1) is 12.1. The minimum atomic E-state index is 0.129. The molecule has 0 radical (unpaired) electrons.